The van der Waals surface area contributed by atoms with Crippen molar-refractivity contribution in [2.75, 3.05) is 6.54 Å². The van der Waals surface area contributed by atoms with E-state index < -0.39 is 35.9 Å². The van der Waals surface area contributed by atoms with E-state index in [1.54, 1.807) is 0 Å². The second-order valence-electron chi connectivity index (χ2n) is 7.50. The van der Waals surface area contributed by atoms with Crippen molar-refractivity contribution in [2.45, 2.75) is 43.8 Å². The molecule has 12 nitrogen and oxygen atoms in total. The molecule has 3 atom stereocenters. The van der Waals surface area contributed by atoms with E-state index in [9.17, 15) is 19.5 Å². The van der Waals surface area contributed by atoms with Gasteiger partial charge in [0.25, 0.3) is 0 Å². The summed E-state index contributed by atoms with van der Waals surface area (Å²) in [4.78, 5) is 43.9. The fraction of sp³-hybridized carbons (Fsp3) is 0.381. The summed E-state index contributed by atoms with van der Waals surface area (Å²) in [7, 11) is 0. The molecule has 0 aliphatic rings. The van der Waals surface area contributed by atoms with Crippen LogP contribution in [0.25, 0.3) is 0 Å². The molecule has 1 aromatic carbocycles. The predicted molar refractivity (Wildman–Crippen MR) is 121 cm³/mol. The summed E-state index contributed by atoms with van der Waals surface area (Å²) in [6.07, 6.45) is 3.79. The Bertz CT molecular complexity index is 920. The van der Waals surface area contributed by atoms with Gasteiger partial charge in [0.15, 0.2) is 5.96 Å². The van der Waals surface area contributed by atoms with E-state index in [1.165, 1.54) is 12.5 Å². The van der Waals surface area contributed by atoms with Crippen molar-refractivity contribution in [3.63, 3.8) is 0 Å². The zero-order valence-corrected chi connectivity index (χ0v) is 18.1. The molecule has 0 bridgehead atoms. The van der Waals surface area contributed by atoms with E-state index in [4.69, 9.17) is 16.9 Å². The summed E-state index contributed by atoms with van der Waals surface area (Å²) in [5.74, 6) is -2.62. The molecule has 1 aromatic heterocycles. The molecule has 33 heavy (non-hydrogen) atoms. The van der Waals surface area contributed by atoms with Gasteiger partial charge in [0.05, 0.1) is 18.1 Å². The first-order valence-electron chi connectivity index (χ1n) is 10.4. The number of carboxylic acid groups (broad SMARTS) is 1. The fourth-order valence-corrected chi connectivity index (χ4v) is 3.12. The molecule has 0 aliphatic heterocycles. The standard InChI is InChI=1S/C21H30N8O4/c22-15(9-13-5-2-1-3-6-13)18(30)28-16(7-4-8-26-21(23)24)19(31)29-17(20(32)33)10-14-11-25-12-27-14/h1-3,5-6,11-12,15-17H,4,7-10,22H2,(H,25,27)(H,28,30)(H,29,31)(H,32,33)(H4,23,24,26)/t15-,16+,17-/m0/s1. The SMILES string of the molecule is N=C(N)NCCC[C@@H](NC(=O)[C@@H](N)Cc1ccccc1)C(=O)N[C@@H](Cc1c[nH]cn1)C(=O)O. The molecule has 10 N–H and O–H groups in total. The molecule has 0 radical (unpaired) electrons. The van der Waals surface area contributed by atoms with E-state index >= 15 is 0 Å². The molecule has 2 rings (SSSR count). The lowest BCUT2D eigenvalue weighted by Gasteiger charge is -2.23. The van der Waals surface area contributed by atoms with E-state index in [-0.39, 0.29) is 25.2 Å². The Labute approximate surface area is 191 Å². The van der Waals surface area contributed by atoms with Crippen molar-refractivity contribution in [1.82, 2.24) is 25.9 Å². The van der Waals surface area contributed by atoms with Crippen molar-refractivity contribution in [3.8, 4) is 0 Å². The molecule has 178 valence electrons. The van der Waals surface area contributed by atoms with Gasteiger partial charge in [0, 0.05) is 19.2 Å². The van der Waals surface area contributed by atoms with Gasteiger partial charge < -0.3 is 37.5 Å². The monoisotopic (exact) mass is 458 g/mol. The molecular formula is C21H30N8O4. The largest absolute Gasteiger partial charge is 0.480 e. The first kappa shape index (κ1) is 25.3. The average Bonchev–Trinajstić information content (AvgIpc) is 3.28. The summed E-state index contributed by atoms with van der Waals surface area (Å²) in [6, 6.07) is 6.08. The number of H-pyrrole nitrogens is 1. The third kappa shape index (κ3) is 8.99. The smallest absolute Gasteiger partial charge is 0.326 e. The molecule has 2 aromatic rings. The summed E-state index contributed by atoms with van der Waals surface area (Å²) < 4.78 is 0. The number of nitrogens with one attached hydrogen (secondary N) is 5. The molecule has 0 unspecified atom stereocenters. The lowest BCUT2D eigenvalue weighted by molar-refractivity contribution is -0.142. The highest BCUT2D eigenvalue weighted by atomic mass is 16.4. The molecule has 0 saturated carbocycles. The third-order valence-corrected chi connectivity index (χ3v) is 4.84. The number of carbonyl (C=O) groups excluding carboxylic acids is 2. The van der Waals surface area contributed by atoms with E-state index in [1.807, 2.05) is 30.3 Å². The number of guanidine groups is 1. The Morgan fingerprint density at radius 3 is 2.39 bits per heavy atom. The topological polar surface area (TPSA) is 212 Å². The van der Waals surface area contributed by atoms with Crippen LogP contribution in [0.15, 0.2) is 42.9 Å². The van der Waals surface area contributed by atoms with Crippen molar-refractivity contribution < 1.29 is 19.5 Å². The number of aromatic amines is 1. The number of benzene rings is 1. The summed E-state index contributed by atoms with van der Waals surface area (Å²) >= 11 is 0. The maximum absolute atomic E-state index is 12.9. The Morgan fingerprint density at radius 1 is 1.09 bits per heavy atom. The van der Waals surface area contributed by atoms with Crippen molar-refractivity contribution in [3.05, 3.63) is 54.1 Å². The highest BCUT2D eigenvalue weighted by molar-refractivity contribution is 5.91. The number of rotatable bonds is 13. The van der Waals surface area contributed by atoms with Gasteiger partial charge in [-0.05, 0) is 24.8 Å². The van der Waals surface area contributed by atoms with Gasteiger partial charge in [0.2, 0.25) is 11.8 Å². The highest BCUT2D eigenvalue weighted by Crippen LogP contribution is 2.05. The lowest BCUT2D eigenvalue weighted by atomic mass is 10.0. The summed E-state index contributed by atoms with van der Waals surface area (Å²) in [6.45, 7) is 0.306. The Kier molecular flexibility index (Phi) is 9.83. The number of nitrogens with two attached hydrogens (primary N) is 2. The molecule has 12 heteroatoms. The molecule has 2 amide bonds. The van der Waals surface area contributed by atoms with Crippen LogP contribution in [0, 0.1) is 5.41 Å². The van der Waals surface area contributed by atoms with Gasteiger partial charge in [-0.2, -0.15) is 0 Å². The number of carbonyl (C=O) groups is 3. The van der Waals surface area contributed by atoms with Gasteiger partial charge in [-0.25, -0.2) is 9.78 Å². The van der Waals surface area contributed by atoms with Crippen LogP contribution in [0.4, 0.5) is 0 Å². The Balaban J connectivity index is 2.03. The van der Waals surface area contributed by atoms with Crippen molar-refractivity contribution in [1.29, 1.82) is 5.41 Å². The van der Waals surface area contributed by atoms with Crippen LogP contribution in [0.2, 0.25) is 0 Å². The molecule has 0 aliphatic carbocycles. The lowest BCUT2D eigenvalue weighted by Crippen LogP contribution is -2.55. The number of hydrogen-bond donors (Lipinski definition) is 8. The van der Waals surface area contributed by atoms with Crippen LogP contribution < -0.4 is 27.4 Å². The minimum absolute atomic E-state index is 0.0232. The number of carboxylic acids is 1. The molecular weight excluding hydrogens is 428 g/mol. The van der Waals surface area contributed by atoms with Crippen LogP contribution in [0.3, 0.4) is 0 Å². The van der Waals surface area contributed by atoms with Crippen LogP contribution >= 0.6 is 0 Å². The zero-order valence-electron chi connectivity index (χ0n) is 18.1. The maximum Gasteiger partial charge on any atom is 0.326 e. The van der Waals surface area contributed by atoms with E-state index in [2.05, 4.69) is 25.9 Å². The number of amides is 2. The van der Waals surface area contributed by atoms with Crippen LogP contribution in [-0.4, -0.2) is 63.5 Å². The summed E-state index contributed by atoms with van der Waals surface area (Å²) in [5.41, 5.74) is 12.6. The van der Waals surface area contributed by atoms with Gasteiger partial charge in [-0.15, -0.1) is 0 Å². The number of nitrogens with zero attached hydrogens (tertiary/aromatic N) is 1. The molecule has 1 heterocycles. The fourth-order valence-electron chi connectivity index (χ4n) is 3.12. The number of hydrogen-bond acceptors (Lipinski definition) is 6. The molecule has 0 spiro atoms. The molecule has 0 fully saturated rings. The highest BCUT2D eigenvalue weighted by Gasteiger charge is 2.28. The number of aromatic nitrogens is 2. The first-order chi connectivity index (χ1) is 15.8. The first-order valence-corrected chi connectivity index (χ1v) is 10.4. The normalized spacial score (nSPS) is 13.4. The van der Waals surface area contributed by atoms with Crippen LogP contribution in [0.1, 0.15) is 24.1 Å². The van der Waals surface area contributed by atoms with E-state index in [0.29, 0.717) is 18.7 Å². The van der Waals surface area contributed by atoms with Gasteiger partial charge >= 0.3 is 5.97 Å². The average molecular weight is 459 g/mol. The second kappa shape index (κ2) is 12.8. The summed E-state index contributed by atoms with van der Waals surface area (Å²) in [5, 5.41) is 24.4. The number of aliphatic carboxylic acids is 1. The van der Waals surface area contributed by atoms with Crippen LogP contribution in [0.5, 0.6) is 0 Å². The van der Waals surface area contributed by atoms with Gasteiger partial charge in [-0.3, -0.25) is 15.0 Å². The minimum atomic E-state index is -1.23. The molecule has 0 saturated heterocycles. The minimum Gasteiger partial charge on any atom is -0.480 e. The van der Waals surface area contributed by atoms with E-state index in [0.717, 1.165) is 5.56 Å². The van der Waals surface area contributed by atoms with Crippen molar-refractivity contribution >= 4 is 23.7 Å². The predicted octanol–water partition coefficient (Wildman–Crippen LogP) is -1.16. The number of imidazole rings is 1. The third-order valence-electron chi connectivity index (χ3n) is 4.84. The van der Waals surface area contributed by atoms with Crippen LogP contribution in [-0.2, 0) is 27.2 Å². The zero-order chi connectivity index (χ0) is 24.2. The van der Waals surface area contributed by atoms with Crippen molar-refractivity contribution in [2.24, 2.45) is 11.5 Å². The Morgan fingerprint density at radius 2 is 1.79 bits per heavy atom. The quantitative estimate of drug-likeness (QED) is 0.104. The second-order valence-corrected chi connectivity index (χ2v) is 7.50. The maximum atomic E-state index is 12.9. The van der Waals surface area contributed by atoms with Gasteiger partial charge in [-0.1, -0.05) is 30.3 Å². The Hall–Kier alpha value is -3.93. The van der Waals surface area contributed by atoms with Gasteiger partial charge in [0.1, 0.15) is 12.1 Å².